The molecule has 2 N–H and O–H groups in total. The molecule has 94 valence electrons. The fourth-order valence-corrected chi connectivity index (χ4v) is 1.60. The maximum Gasteiger partial charge on any atom is 0.254 e. The Morgan fingerprint density at radius 2 is 2.06 bits per heavy atom. The van der Waals surface area contributed by atoms with Gasteiger partial charge in [-0.25, -0.2) is 4.39 Å². The number of hydrogen-bond donors (Lipinski definition) is 2. The second-order valence-corrected chi connectivity index (χ2v) is 4.32. The van der Waals surface area contributed by atoms with Crippen LogP contribution >= 0.6 is 0 Å². The average molecular weight is 239 g/mol. The maximum atomic E-state index is 13.4. The highest BCUT2D eigenvalue weighted by Gasteiger charge is 2.18. The Morgan fingerprint density at radius 1 is 1.41 bits per heavy atom. The topological polar surface area (TPSA) is 49.3 Å². The molecule has 1 rings (SSSR count). The number of halogens is 1. The van der Waals surface area contributed by atoms with Crippen LogP contribution in [0.3, 0.4) is 0 Å². The first-order valence-corrected chi connectivity index (χ1v) is 5.72. The Balaban J connectivity index is 2.74. The standard InChI is InChI=1S/C13H18FNO2/c1-9(2)12(7-8-16)15-13(17)10-5-3-4-6-11(10)14/h3-6,9,12,16H,7-8H2,1-2H3,(H,15,17). The molecule has 0 aliphatic rings. The van der Waals surface area contributed by atoms with E-state index >= 15 is 0 Å². The second kappa shape index (κ2) is 6.35. The molecule has 0 heterocycles. The van der Waals surface area contributed by atoms with Crippen LogP contribution in [0.15, 0.2) is 24.3 Å². The van der Waals surface area contributed by atoms with Gasteiger partial charge in [0.25, 0.3) is 5.91 Å². The van der Waals surface area contributed by atoms with Gasteiger partial charge in [0.15, 0.2) is 0 Å². The molecule has 1 unspecified atom stereocenters. The van der Waals surface area contributed by atoms with Crippen LogP contribution in [0.1, 0.15) is 30.6 Å². The summed E-state index contributed by atoms with van der Waals surface area (Å²) in [5, 5.41) is 11.6. The number of amides is 1. The zero-order valence-corrected chi connectivity index (χ0v) is 10.1. The van der Waals surface area contributed by atoms with E-state index in [9.17, 15) is 9.18 Å². The molecule has 0 bridgehead atoms. The van der Waals surface area contributed by atoms with Crippen LogP contribution in [-0.2, 0) is 0 Å². The fraction of sp³-hybridized carbons (Fsp3) is 0.462. The lowest BCUT2D eigenvalue weighted by Crippen LogP contribution is -2.39. The van der Waals surface area contributed by atoms with Gasteiger partial charge in [-0.3, -0.25) is 4.79 Å². The molecule has 0 radical (unpaired) electrons. The van der Waals surface area contributed by atoms with Crippen LogP contribution < -0.4 is 5.32 Å². The highest BCUT2D eigenvalue weighted by Crippen LogP contribution is 2.10. The number of hydrogen-bond acceptors (Lipinski definition) is 2. The minimum Gasteiger partial charge on any atom is -0.396 e. The Labute approximate surface area is 101 Å². The summed E-state index contributed by atoms with van der Waals surface area (Å²) in [7, 11) is 0. The Morgan fingerprint density at radius 3 is 2.59 bits per heavy atom. The SMILES string of the molecule is CC(C)C(CCO)NC(=O)c1ccccc1F. The van der Waals surface area contributed by atoms with E-state index in [0.29, 0.717) is 6.42 Å². The smallest absolute Gasteiger partial charge is 0.254 e. The van der Waals surface area contributed by atoms with Gasteiger partial charge in [0.05, 0.1) is 5.56 Å². The number of aliphatic hydroxyl groups is 1. The van der Waals surface area contributed by atoms with E-state index in [1.807, 2.05) is 13.8 Å². The van der Waals surface area contributed by atoms with Gasteiger partial charge in [-0.1, -0.05) is 26.0 Å². The van der Waals surface area contributed by atoms with Crippen LogP contribution in [-0.4, -0.2) is 23.7 Å². The van der Waals surface area contributed by atoms with Crippen molar-refractivity contribution in [2.45, 2.75) is 26.3 Å². The number of aliphatic hydroxyl groups excluding tert-OH is 1. The highest BCUT2D eigenvalue weighted by atomic mass is 19.1. The van der Waals surface area contributed by atoms with Gasteiger partial charge in [-0.05, 0) is 24.5 Å². The van der Waals surface area contributed by atoms with Crippen LogP contribution in [0, 0.1) is 11.7 Å². The summed E-state index contributed by atoms with van der Waals surface area (Å²) in [5.74, 6) is -0.773. The lowest BCUT2D eigenvalue weighted by atomic mass is 10.0. The summed E-state index contributed by atoms with van der Waals surface area (Å²) in [6.07, 6.45) is 0.470. The van der Waals surface area contributed by atoms with E-state index < -0.39 is 11.7 Å². The third-order valence-electron chi connectivity index (χ3n) is 2.68. The first-order valence-electron chi connectivity index (χ1n) is 5.72. The van der Waals surface area contributed by atoms with Gasteiger partial charge >= 0.3 is 0 Å². The second-order valence-electron chi connectivity index (χ2n) is 4.32. The van der Waals surface area contributed by atoms with Crippen molar-refractivity contribution in [3.8, 4) is 0 Å². The van der Waals surface area contributed by atoms with Crippen molar-refractivity contribution in [1.29, 1.82) is 0 Å². The van der Waals surface area contributed by atoms with E-state index in [-0.39, 0.29) is 24.1 Å². The molecule has 3 nitrogen and oxygen atoms in total. The highest BCUT2D eigenvalue weighted by molar-refractivity contribution is 5.94. The van der Waals surface area contributed by atoms with Crippen molar-refractivity contribution >= 4 is 5.91 Å². The number of carbonyl (C=O) groups is 1. The largest absolute Gasteiger partial charge is 0.396 e. The molecule has 0 aliphatic carbocycles. The molecule has 1 amide bonds. The number of benzene rings is 1. The summed E-state index contributed by atoms with van der Waals surface area (Å²) >= 11 is 0. The molecule has 0 saturated heterocycles. The van der Waals surface area contributed by atoms with Gasteiger partial charge in [0, 0.05) is 12.6 Å². The summed E-state index contributed by atoms with van der Waals surface area (Å²) in [4.78, 5) is 11.8. The Kier molecular flexibility index (Phi) is 5.10. The predicted molar refractivity (Wildman–Crippen MR) is 64.2 cm³/mol. The van der Waals surface area contributed by atoms with E-state index in [0.717, 1.165) is 0 Å². The lowest BCUT2D eigenvalue weighted by Gasteiger charge is -2.21. The van der Waals surface area contributed by atoms with Gasteiger partial charge in [0.2, 0.25) is 0 Å². The number of carbonyl (C=O) groups excluding carboxylic acids is 1. The Hall–Kier alpha value is -1.42. The average Bonchev–Trinajstić information content (AvgIpc) is 2.28. The van der Waals surface area contributed by atoms with Crippen LogP contribution in [0.2, 0.25) is 0 Å². The van der Waals surface area contributed by atoms with E-state index in [2.05, 4.69) is 5.32 Å². The normalized spacial score (nSPS) is 12.5. The van der Waals surface area contributed by atoms with Crippen molar-refractivity contribution in [2.75, 3.05) is 6.61 Å². The summed E-state index contributed by atoms with van der Waals surface area (Å²) in [5.41, 5.74) is 0.0380. The molecule has 0 fully saturated rings. The first-order chi connectivity index (χ1) is 8.06. The molecular weight excluding hydrogens is 221 g/mol. The Bertz CT molecular complexity index is 379. The van der Waals surface area contributed by atoms with Crippen molar-refractivity contribution in [2.24, 2.45) is 5.92 Å². The van der Waals surface area contributed by atoms with E-state index in [1.165, 1.54) is 12.1 Å². The zero-order chi connectivity index (χ0) is 12.8. The third-order valence-corrected chi connectivity index (χ3v) is 2.68. The minimum atomic E-state index is -0.531. The molecule has 0 aliphatic heterocycles. The molecule has 17 heavy (non-hydrogen) atoms. The van der Waals surface area contributed by atoms with Crippen LogP contribution in [0.5, 0.6) is 0 Å². The molecule has 1 atom stereocenters. The van der Waals surface area contributed by atoms with Crippen LogP contribution in [0.4, 0.5) is 4.39 Å². The van der Waals surface area contributed by atoms with E-state index in [1.54, 1.807) is 12.1 Å². The van der Waals surface area contributed by atoms with Crippen LogP contribution in [0.25, 0.3) is 0 Å². The zero-order valence-electron chi connectivity index (χ0n) is 10.1. The first kappa shape index (κ1) is 13.6. The van der Waals surface area contributed by atoms with E-state index in [4.69, 9.17) is 5.11 Å². The lowest BCUT2D eigenvalue weighted by molar-refractivity contribution is 0.0912. The summed E-state index contributed by atoms with van der Waals surface area (Å²) in [6.45, 7) is 3.89. The molecule has 1 aromatic rings. The van der Waals surface area contributed by atoms with Crippen molar-refractivity contribution < 1.29 is 14.3 Å². The third kappa shape index (κ3) is 3.82. The predicted octanol–water partition coefficient (Wildman–Crippen LogP) is 1.96. The fourth-order valence-electron chi connectivity index (χ4n) is 1.60. The summed E-state index contributed by atoms with van der Waals surface area (Å²) < 4.78 is 13.4. The molecule has 1 aromatic carbocycles. The van der Waals surface area contributed by atoms with Gasteiger partial charge < -0.3 is 10.4 Å². The van der Waals surface area contributed by atoms with Gasteiger partial charge in [0.1, 0.15) is 5.82 Å². The molecule has 0 spiro atoms. The molecule has 0 saturated carbocycles. The molecule has 4 heteroatoms. The van der Waals surface area contributed by atoms with Crippen molar-refractivity contribution in [3.05, 3.63) is 35.6 Å². The molecule has 0 aromatic heterocycles. The molecular formula is C13H18FNO2. The summed E-state index contributed by atoms with van der Waals surface area (Å²) in [6, 6.07) is 5.72. The van der Waals surface area contributed by atoms with Crippen molar-refractivity contribution in [3.63, 3.8) is 0 Å². The van der Waals surface area contributed by atoms with Crippen molar-refractivity contribution in [1.82, 2.24) is 5.32 Å². The number of rotatable bonds is 5. The monoisotopic (exact) mass is 239 g/mol. The maximum absolute atomic E-state index is 13.4. The number of nitrogens with one attached hydrogen (secondary N) is 1. The van der Waals surface area contributed by atoms with Gasteiger partial charge in [-0.2, -0.15) is 0 Å². The quantitative estimate of drug-likeness (QED) is 0.825. The minimum absolute atomic E-state index is 0.000395. The van der Waals surface area contributed by atoms with Gasteiger partial charge in [-0.15, -0.1) is 0 Å².